The molecule has 0 aliphatic carbocycles. The standard InChI is InChI=1S/C16H16FNO2S/c1-12-8-9-13-5-4-10-18(15(13)11-12)21(19,20)16-7-3-2-6-14(16)17/h2-3,6-9,11H,4-5,10H2,1H3. The lowest BCUT2D eigenvalue weighted by Crippen LogP contribution is -2.36. The minimum Gasteiger partial charge on any atom is -0.266 e. The molecule has 0 bridgehead atoms. The molecule has 0 fully saturated rings. The Morgan fingerprint density at radius 2 is 1.90 bits per heavy atom. The van der Waals surface area contributed by atoms with Crippen molar-refractivity contribution in [1.29, 1.82) is 0 Å². The molecule has 0 radical (unpaired) electrons. The van der Waals surface area contributed by atoms with Crippen LogP contribution >= 0.6 is 0 Å². The smallest absolute Gasteiger partial charge is 0.266 e. The zero-order valence-electron chi connectivity index (χ0n) is 11.7. The molecular weight excluding hydrogens is 289 g/mol. The number of fused-ring (bicyclic) bond motifs is 1. The van der Waals surface area contributed by atoms with Gasteiger partial charge in [0, 0.05) is 6.54 Å². The van der Waals surface area contributed by atoms with Gasteiger partial charge in [-0.25, -0.2) is 12.8 Å². The fraction of sp³-hybridized carbons (Fsp3) is 0.250. The first-order valence-corrected chi connectivity index (χ1v) is 8.31. The molecule has 1 aliphatic rings. The Morgan fingerprint density at radius 1 is 1.14 bits per heavy atom. The van der Waals surface area contributed by atoms with Crippen LogP contribution in [0.25, 0.3) is 0 Å². The summed E-state index contributed by atoms with van der Waals surface area (Å²) in [6, 6.07) is 11.3. The van der Waals surface area contributed by atoms with Crippen LogP contribution in [0, 0.1) is 12.7 Å². The van der Waals surface area contributed by atoms with Gasteiger partial charge in [0.15, 0.2) is 0 Å². The van der Waals surface area contributed by atoms with Crippen molar-refractivity contribution in [2.45, 2.75) is 24.7 Å². The molecule has 110 valence electrons. The van der Waals surface area contributed by atoms with Crippen LogP contribution in [0.15, 0.2) is 47.4 Å². The second-order valence-corrected chi connectivity index (χ2v) is 7.07. The monoisotopic (exact) mass is 305 g/mol. The summed E-state index contributed by atoms with van der Waals surface area (Å²) in [6.07, 6.45) is 1.59. The van der Waals surface area contributed by atoms with E-state index in [1.165, 1.54) is 28.6 Å². The number of hydrogen-bond acceptors (Lipinski definition) is 2. The highest BCUT2D eigenvalue weighted by Crippen LogP contribution is 2.33. The lowest BCUT2D eigenvalue weighted by atomic mass is 10.0. The molecule has 2 aromatic carbocycles. The Bertz CT molecular complexity index is 787. The Morgan fingerprint density at radius 3 is 2.67 bits per heavy atom. The molecule has 1 heterocycles. The average molecular weight is 305 g/mol. The zero-order chi connectivity index (χ0) is 15.0. The fourth-order valence-electron chi connectivity index (χ4n) is 2.67. The molecule has 1 aliphatic heterocycles. The second kappa shape index (κ2) is 5.15. The van der Waals surface area contributed by atoms with E-state index in [2.05, 4.69) is 0 Å². The summed E-state index contributed by atoms with van der Waals surface area (Å²) >= 11 is 0. The number of anilines is 1. The Balaban J connectivity index is 2.14. The number of benzene rings is 2. The maximum absolute atomic E-state index is 13.9. The average Bonchev–Trinajstić information content (AvgIpc) is 2.46. The number of aryl methyl sites for hydroxylation is 2. The van der Waals surface area contributed by atoms with Crippen molar-refractivity contribution in [2.24, 2.45) is 0 Å². The SMILES string of the molecule is Cc1ccc2c(c1)N(S(=O)(=O)c1ccccc1F)CCC2. The molecule has 0 atom stereocenters. The van der Waals surface area contributed by atoms with E-state index in [-0.39, 0.29) is 4.90 Å². The number of hydrogen-bond donors (Lipinski definition) is 0. The molecule has 3 nitrogen and oxygen atoms in total. The van der Waals surface area contributed by atoms with Crippen LogP contribution in [0.2, 0.25) is 0 Å². The normalized spacial score (nSPS) is 14.9. The molecular formula is C16H16FNO2S. The van der Waals surface area contributed by atoms with E-state index in [1.54, 1.807) is 0 Å². The van der Waals surface area contributed by atoms with Gasteiger partial charge in [-0.1, -0.05) is 24.3 Å². The van der Waals surface area contributed by atoms with Gasteiger partial charge in [0.25, 0.3) is 10.0 Å². The minimum absolute atomic E-state index is 0.264. The van der Waals surface area contributed by atoms with E-state index in [1.807, 2.05) is 25.1 Å². The maximum atomic E-state index is 13.9. The molecule has 2 aromatic rings. The Kier molecular flexibility index (Phi) is 3.45. The Hall–Kier alpha value is -1.88. The Labute approximate surface area is 124 Å². The highest BCUT2D eigenvalue weighted by Gasteiger charge is 2.30. The van der Waals surface area contributed by atoms with Crippen LogP contribution in [0.1, 0.15) is 17.5 Å². The predicted molar refractivity (Wildman–Crippen MR) is 80.4 cm³/mol. The lowest BCUT2D eigenvalue weighted by Gasteiger charge is -2.30. The third kappa shape index (κ3) is 2.42. The second-order valence-electron chi connectivity index (χ2n) is 5.24. The van der Waals surface area contributed by atoms with Crippen molar-refractivity contribution in [3.8, 4) is 0 Å². The van der Waals surface area contributed by atoms with Crippen molar-refractivity contribution in [2.75, 3.05) is 10.8 Å². The van der Waals surface area contributed by atoms with Crippen LogP contribution in [-0.2, 0) is 16.4 Å². The number of halogens is 1. The number of nitrogens with zero attached hydrogens (tertiary/aromatic N) is 1. The van der Waals surface area contributed by atoms with Gasteiger partial charge in [0.2, 0.25) is 0 Å². The molecule has 0 N–H and O–H groups in total. The van der Waals surface area contributed by atoms with Gasteiger partial charge in [-0.3, -0.25) is 4.31 Å². The molecule has 0 aromatic heterocycles. The highest BCUT2D eigenvalue weighted by atomic mass is 32.2. The number of sulfonamides is 1. The van der Waals surface area contributed by atoms with Crippen molar-refractivity contribution >= 4 is 15.7 Å². The van der Waals surface area contributed by atoms with E-state index < -0.39 is 15.8 Å². The first kappa shape index (κ1) is 14.1. The van der Waals surface area contributed by atoms with Gasteiger partial charge in [-0.2, -0.15) is 0 Å². The van der Waals surface area contributed by atoms with E-state index in [9.17, 15) is 12.8 Å². The fourth-order valence-corrected chi connectivity index (χ4v) is 4.27. The van der Waals surface area contributed by atoms with Gasteiger partial charge in [0.1, 0.15) is 10.7 Å². The number of rotatable bonds is 2. The zero-order valence-corrected chi connectivity index (χ0v) is 12.5. The maximum Gasteiger partial charge on any atom is 0.267 e. The summed E-state index contributed by atoms with van der Waals surface area (Å²) in [7, 11) is -3.86. The summed E-state index contributed by atoms with van der Waals surface area (Å²) < 4.78 is 40.8. The van der Waals surface area contributed by atoms with Crippen molar-refractivity contribution in [3.05, 3.63) is 59.4 Å². The summed E-state index contributed by atoms with van der Waals surface area (Å²) in [6.45, 7) is 2.30. The van der Waals surface area contributed by atoms with E-state index in [0.29, 0.717) is 12.2 Å². The van der Waals surface area contributed by atoms with Crippen LogP contribution < -0.4 is 4.31 Å². The molecule has 0 saturated carbocycles. The molecule has 5 heteroatoms. The highest BCUT2D eigenvalue weighted by molar-refractivity contribution is 7.92. The van der Waals surface area contributed by atoms with Gasteiger partial charge < -0.3 is 0 Å². The van der Waals surface area contributed by atoms with Gasteiger partial charge in [-0.15, -0.1) is 0 Å². The quantitative estimate of drug-likeness (QED) is 0.854. The first-order chi connectivity index (χ1) is 10.00. The van der Waals surface area contributed by atoms with Crippen LogP contribution in [0.5, 0.6) is 0 Å². The van der Waals surface area contributed by atoms with E-state index >= 15 is 0 Å². The molecule has 0 saturated heterocycles. The summed E-state index contributed by atoms with van der Waals surface area (Å²) in [5, 5.41) is 0. The van der Waals surface area contributed by atoms with Crippen molar-refractivity contribution < 1.29 is 12.8 Å². The molecule has 0 unspecified atom stereocenters. The summed E-state index contributed by atoms with van der Waals surface area (Å²) in [5.41, 5.74) is 2.65. The van der Waals surface area contributed by atoms with Gasteiger partial charge in [-0.05, 0) is 49.1 Å². The molecule has 0 spiro atoms. The van der Waals surface area contributed by atoms with Crippen molar-refractivity contribution in [3.63, 3.8) is 0 Å². The first-order valence-electron chi connectivity index (χ1n) is 6.87. The lowest BCUT2D eigenvalue weighted by molar-refractivity contribution is 0.561. The van der Waals surface area contributed by atoms with Crippen LogP contribution in [0.4, 0.5) is 10.1 Å². The molecule has 0 amide bonds. The molecule has 3 rings (SSSR count). The van der Waals surface area contributed by atoms with Gasteiger partial charge >= 0.3 is 0 Å². The van der Waals surface area contributed by atoms with Crippen LogP contribution in [0.3, 0.4) is 0 Å². The minimum atomic E-state index is -3.86. The summed E-state index contributed by atoms with van der Waals surface area (Å²) in [4.78, 5) is -0.264. The third-order valence-corrected chi connectivity index (χ3v) is 5.57. The topological polar surface area (TPSA) is 37.4 Å². The summed E-state index contributed by atoms with van der Waals surface area (Å²) in [5.74, 6) is -0.711. The van der Waals surface area contributed by atoms with E-state index in [4.69, 9.17) is 0 Å². The van der Waals surface area contributed by atoms with Crippen LogP contribution in [-0.4, -0.2) is 15.0 Å². The van der Waals surface area contributed by atoms with Gasteiger partial charge in [0.05, 0.1) is 5.69 Å². The largest absolute Gasteiger partial charge is 0.267 e. The molecule has 21 heavy (non-hydrogen) atoms. The predicted octanol–water partition coefficient (Wildman–Crippen LogP) is 3.28. The third-order valence-electron chi connectivity index (χ3n) is 3.72. The van der Waals surface area contributed by atoms with Crippen molar-refractivity contribution in [1.82, 2.24) is 0 Å². The van der Waals surface area contributed by atoms with E-state index in [0.717, 1.165) is 24.0 Å².